The van der Waals surface area contributed by atoms with Crippen LogP contribution in [0.4, 0.5) is 0 Å². The zero-order valence-corrected chi connectivity index (χ0v) is 11.7. The Bertz CT molecular complexity index is 592. The average molecular weight is 281 g/mol. The van der Waals surface area contributed by atoms with E-state index in [-0.39, 0.29) is 6.42 Å². The number of carbonyl (C=O) groups is 1. The van der Waals surface area contributed by atoms with Crippen LogP contribution in [-0.2, 0) is 17.8 Å². The molecule has 0 unspecified atom stereocenters. The molecule has 0 atom stereocenters. The summed E-state index contributed by atoms with van der Waals surface area (Å²) in [5.74, 6) is 0.265. The number of rotatable bonds is 6. The first-order valence-corrected chi connectivity index (χ1v) is 6.86. The van der Waals surface area contributed by atoms with Crippen LogP contribution in [0.3, 0.4) is 0 Å². The number of hydrogen-bond donors (Lipinski definition) is 1. The normalized spacial score (nSPS) is 11.1. The minimum atomic E-state index is -0.740. The minimum Gasteiger partial charge on any atom is -0.481 e. The molecule has 0 aliphatic rings. The van der Waals surface area contributed by atoms with Crippen molar-refractivity contribution in [3.05, 3.63) is 29.0 Å². The lowest BCUT2D eigenvalue weighted by molar-refractivity contribution is -0.137. The summed E-state index contributed by atoms with van der Waals surface area (Å²) in [4.78, 5) is 15.1. The fourth-order valence-corrected chi connectivity index (χ4v) is 2.42. The fraction of sp³-hybridized carbons (Fsp3) is 0.429. The SMILES string of the molecule is CCn1c(CCCCC(=O)O)nc2cc(Cl)ccc21. The minimum absolute atomic E-state index is 0.220. The molecule has 0 amide bonds. The lowest BCUT2D eigenvalue weighted by Gasteiger charge is -2.05. The number of aryl methyl sites for hydroxylation is 2. The predicted molar refractivity (Wildman–Crippen MR) is 75.6 cm³/mol. The number of benzene rings is 1. The zero-order valence-electron chi connectivity index (χ0n) is 10.9. The molecule has 4 nitrogen and oxygen atoms in total. The number of halogens is 1. The monoisotopic (exact) mass is 280 g/mol. The van der Waals surface area contributed by atoms with Crippen LogP contribution >= 0.6 is 11.6 Å². The van der Waals surface area contributed by atoms with Crippen LogP contribution in [-0.4, -0.2) is 20.6 Å². The molecule has 1 aromatic heterocycles. The van der Waals surface area contributed by atoms with E-state index in [0.29, 0.717) is 11.4 Å². The summed E-state index contributed by atoms with van der Waals surface area (Å²) < 4.78 is 2.16. The molecule has 0 bridgehead atoms. The van der Waals surface area contributed by atoms with Gasteiger partial charge in [-0.2, -0.15) is 0 Å². The van der Waals surface area contributed by atoms with Gasteiger partial charge in [0.05, 0.1) is 11.0 Å². The van der Waals surface area contributed by atoms with E-state index >= 15 is 0 Å². The van der Waals surface area contributed by atoms with E-state index in [2.05, 4.69) is 16.5 Å². The van der Waals surface area contributed by atoms with Crippen LogP contribution in [0.25, 0.3) is 11.0 Å². The summed E-state index contributed by atoms with van der Waals surface area (Å²) in [6, 6.07) is 5.71. The standard InChI is InChI=1S/C14H17ClN2O2/c1-2-17-12-8-7-10(15)9-11(12)16-13(17)5-3-4-6-14(18)19/h7-9H,2-6H2,1H3,(H,18,19). The van der Waals surface area contributed by atoms with E-state index in [1.54, 1.807) is 0 Å². The van der Waals surface area contributed by atoms with Crippen molar-refractivity contribution >= 4 is 28.6 Å². The summed E-state index contributed by atoms with van der Waals surface area (Å²) in [6.45, 7) is 2.93. The van der Waals surface area contributed by atoms with Crippen molar-refractivity contribution in [2.75, 3.05) is 0 Å². The summed E-state index contributed by atoms with van der Waals surface area (Å²) >= 11 is 5.97. The van der Waals surface area contributed by atoms with Crippen LogP contribution in [0.15, 0.2) is 18.2 Å². The molecule has 0 spiro atoms. The van der Waals surface area contributed by atoms with Gasteiger partial charge in [-0.05, 0) is 38.0 Å². The summed E-state index contributed by atoms with van der Waals surface area (Å²) in [5.41, 5.74) is 1.99. The first kappa shape index (κ1) is 13.9. The highest BCUT2D eigenvalue weighted by Gasteiger charge is 2.09. The largest absolute Gasteiger partial charge is 0.481 e. The second kappa shape index (κ2) is 6.06. The molecule has 0 fully saturated rings. The number of nitrogens with zero attached hydrogens (tertiary/aromatic N) is 2. The summed E-state index contributed by atoms with van der Waals surface area (Å²) in [7, 11) is 0. The molecule has 2 aromatic rings. The first-order valence-electron chi connectivity index (χ1n) is 6.48. The molecule has 19 heavy (non-hydrogen) atoms. The number of unbranched alkanes of at least 4 members (excludes halogenated alkanes) is 1. The maximum Gasteiger partial charge on any atom is 0.303 e. The third-order valence-corrected chi connectivity index (χ3v) is 3.38. The lowest BCUT2D eigenvalue weighted by atomic mass is 10.2. The Morgan fingerprint density at radius 2 is 2.21 bits per heavy atom. The molecule has 1 heterocycles. The Morgan fingerprint density at radius 1 is 1.42 bits per heavy atom. The molecule has 0 saturated heterocycles. The molecular formula is C14H17ClN2O2. The van der Waals surface area contributed by atoms with Gasteiger partial charge in [0, 0.05) is 24.4 Å². The van der Waals surface area contributed by atoms with Crippen molar-refractivity contribution in [3.8, 4) is 0 Å². The van der Waals surface area contributed by atoms with E-state index in [1.165, 1.54) is 0 Å². The second-order valence-electron chi connectivity index (χ2n) is 4.51. The highest BCUT2D eigenvalue weighted by atomic mass is 35.5. The molecule has 102 valence electrons. The van der Waals surface area contributed by atoms with Crippen molar-refractivity contribution in [1.29, 1.82) is 0 Å². The van der Waals surface area contributed by atoms with Gasteiger partial charge >= 0.3 is 5.97 Å². The van der Waals surface area contributed by atoms with E-state index in [0.717, 1.165) is 36.2 Å². The van der Waals surface area contributed by atoms with Crippen molar-refractivity contribution in [1.82, 2.24) is 9.55 Å². The number of carboxylic acid groups (broad SMARTS) is 1. The Balaban J connectivity index is 2.15. The molecule has 0 aliphatic carbocycles. The van der Waals surface area contributed by atoms with Crippen LogP contribution in [0, 0.1) is 0 Å². The number of hydrogen-bond acceptors (Lipinski definition) is 2. The Kier molecular flexibility index (Phi) is 4.43. The van der Waals surface area contributed by atoms with Gasteiger partial charge in [-0.3, -0.25) is 4.79 Å². The fourth-order valence-electron chi connectivity index (χ4n) is 2.26. The van der Waals surface area contributed by atoms with Crippen molar-refractivity contribution in [2.24, 2.45) is 0 Å². The maximum absolute atomic E-state index is 10.5. The van der Waals surface area contributed by atoms with Crippen LogP contribution < -0.4 is 0 Å². The highest BCUT2D eigenvalue weighted by Crippen LogP contribution is 2.21. The average Bonchev–Trinajstić information content (AvgIpc) is 2.70. The molecule has 0 saturated carbocycles. The van der Waals surface area contributed by atoms with Crippen molar-refractivity contribution in [2.45, 2.75) is 39.2 Å². The predicted octanol–water partition coefficient (Wildman–Crippen LogP) is 3.51. The molecule has 0 aliphatic heterocycles. The van der Waals surface area contributed by atoms with Crippen LogP contribution in [0.5, 0.6) is 0 Å². The Hall–Kier alpha value is -1.55. The van der Waals surface area contributed by atoms with Crippen LogP contribution in [0.2, 0.25) is 5.02 Å². The van der Waals surface area contributed by atoms with E-state index in [4.69, 9.17) is 16.7 Å². The first-order chi connectivity index (χ1) is 9.11. The van der Waals surface area contributed by atoms with E-state index < -0.39 is 5.97 Å². The Morgan fingerprint density at radius 3 is 2.89 bits per heavy atom. The third kappa shape index (κ3) is 3.26. The van der Waals surface area contributed by atoms with Gasteiger partial charge < -0.3 is 9.67 Å². The Labute approximate surface area is 117 Å². The van der Waals surface area contributed by atoms with Crippen molar-refractivity contribution < 1.29 is 9.90 Å². The summed E-state index contributed by atoms with van der Waals surface area (Å²) in [5, 5.41) is 9.31. The van der Waals surface area contributed by atoms with Gasteiger partial charge in [0.1, 0.15) is 5.82 Å². The molecule has 0 radical (unpaired) electrons. The number of carboxylic acids is 1. The molecular weight excluding hydrogens is 264 g/mol. The molecule has 5 heteroatoms. The second-order valence-corrected chi connectivity index (χ2v) is 4.94. The van der Waals surface area contributed by atoms with Gasteiger partial charge in [0.25, 0.3) is 0 Å². The smallest absolute Gasteiger partial charge is 0.303 e. The van der Waals surface area contributed by atoms with Gasteiger partial charge in [-0.15, -0.1) is 0 Å². The zero-order chi connectivity index (χ0) is 13.8. The third-order valence-electron chi connectivity index (χ3n) is 3.15. The lowest BCUT2D eigenvalue weighted by Crippen LogP contribution is -2.02. The van der Waals surface area contributed by atoms with Crippen molar-refractivity contribution in [3.63, 3.8) is 0 Å². The number of aliphatic carboxylic acids is 1. The maximum atomic E-state index is 10.5. The number of imidazole rings is 1. The van der Waals surface area contributed by atoms with E-state index in [1.807, 2.05) is 18.2 Å². The van der Waals surface area contributed by atoms with Gasteiger partial charge in [0.2, 0.25) is 0 Å². The highest BCUT2D eigenvalue weighted by molar-refractivity contribution is 6.31. The topological polar surface area (TPSA) is 55.1 Å². The van der Waals surface area contributed by atoms with E-state index in [9.17, 15) is 4.79 Å². The number of aromatic nitrogens is 2. The van der Waals surface area contributed by atoms with Gasteiger partial charge in [-0.1, -0.05) is 11.6 Å². The van der Waals surface area contributed by atoms with Gasteiger partial charge in [0.15, 0.2) is 0 Å². The number of fused-ring (bicyclic) bond motifs is 1. The summed E-state index contributed by atoms with van der Waals surface area (Å²) in [6.07, 6.45) is 2.54. The van der Waals surface area contributed by atoms with Gasteiger partial charge in [-0.25, -0.2) is 4.98 Å². The molecule has 2 rings (SSSR count). The van der Waals surface area contributed by atoms with Crippen LogP contribution in [0.1, 0.15) is 32.0 Å². The molecule has 1 aromatic carbocycles. The quantitative estimate of drug-likeness (QED) is 0.824. The molecule has 1 N–H and O–H groups in total.